The molecule has 0 aliphatic heterocycles. The first kappa shape index (κ1) is 25.6. The number of carbonyl (C=O) groups excluding carboxylic acids is 2. The number of ether oxygens (including phenoxy) is 1. The number of rotatable bonds is 7. The maximum absolute atomic E-state index is 12.8. The fourth-order valence-corrected chi connectivity index (χ4v) is 3.27. The zero-order chi connectivity index (χ0) is 21.7. The zero-order valence-electron chi connectivity index (χ0n) is 17.7. The van der Waals surface area contributed by atoms with Gasteiger partial charge in [0.1, 0.15) is 12.4 Å². The molecule has 31 heavy (non-hydrogen) atoms. The van der Waals surface area contributed by atoms with Crippen molar-refractivity contribution in [3.8, 4) is 5.75 Å². The summed E-state index contributed by atoms with van der Waals surface area (Å²) >= 11 is 6.00. The van der Waals surface area contributed by atoms with E-state index in [0.717, 1.165) is 16.7 Å². The second-order valence-corrected chi connectivity index (χ2v) is 7.48. The summed E-state index contributed by atoms with van der Waals surface area (Å²) in [7, 11) is 0. The summed E-state index contributed by atoms with van der Waals surface area (Å²) in [6, 6.07) is 17.8. The van der Waals surface area contributed by atoms with Gasteiger partial charge in [0.05, 0.1) is 0 Å². The number of amides is 1. The molecular weight excluding hydrogens is 441 g/mol. The van der Waals surface area contributed by atoms with Gasteiger partial charge in [0, 0.05) is 28.7 Å². The van der Waals surface area contributed by atoms with Crippen molar-refractivity contribution >= 4 is 29.2 Å². The third kappa shape index (κ3) is 7.45. The molecule has 0 radical (unpaired) electrons. The van der Waals surface area contributed by atoms with Crippen LogP contribution < -0.4 is 66.5 Å². The van der Waals surface area contributed by atoms with Crippen molar-refractivity contribution in [2.75, 3.05) is 5.32 Å². The van der Waals surface area contributed by atoms with E-state index in [1.54, 1.807) is 30.3 Å². The summed E-state index contributed by atoms with van der Waals surface area (Å²) in [5, 5.41) is 14.3. The van der Waals surface area contributed by atoms with Crippen molar-refractivity contribution in [1.82, 2.24) is 0 Å². The first-order valence-corrected chi connectivity index (χ1v) is 9.78. The van der Waals surface area contributed by atoms with Gasteiger partial charge in [-0.1, -0.05) is 41.9 Å². The number of carbonyl (C=O) groups is 2. The Hall–Kier alpha value is -1.67. The average Bonchev–Trinajstić information content (AvgIpc) is 2.69. The van der Waals surface area contributed by atoms with Crippen LogP contribution in [-0.4, -0.2) is 11.9 Å². The largest absolute Gasteiger partial charge is 1.00 e. The van der Waals surface area contributed by atoms with Gasteiger partial charge in [-0.05, 0) is 66.4 Å². The van der Waals surface area contributed by atoms with Gasteiger partial charge in [-0.15, -0.1) is 0 Å². The van der Waals surface area contributed by atoms with Crippen molar-refractivity contribution in [3.05, 3.63) is 93.5 Å². The predicted molar refractivity (Wildman–Crippen MR) is 115 cm³/mol. The van der Waals surface area contributed by atoms with E-state index < -0.39 is 5.97 Å². The van der Waals surface area contributed by atoms with E-state index in [0.29, 0.717) is 34.2 Å². The minimum Gasteiger partial charge on any atom is -0.550 e. The number of aryl methyl sites for hydroxylation is 2. The van der Waals surface area contributed by atoms with Crippen molar-refractivity contribution in [1.29, 1.82) is 0 Å². The van der Waals surface area contributed by atoms with Gasteiger partial charge in [-0.25, -0.2) is 0 Å². The quantitative estimate of drug-likeness (QED) is 0.534. The van der Waals surface area contributed by atoms with Crippen LogP contribution in [0.4, 0.5) is 5.69 Å². The topological polar surface area (TPSA) is 78.5 Å². The first-order chi connectivity index (χ1) is 14.3. The van der Waals surface area contributed by atoms with Crippen LogP contribution >= 0.6 is 11.6 Å². The van der Waals surface area contributed by atoms with Crippen LogP contribution in [0.5, 0.6) is 5.75 Å². The Morgan fingerprint density at radius 1 is 0.968 bits per heavy atom. The fraction of sp³-hybridized carbons (Fsp3) is 0.167. The Morgan fingerprint density at radius 2 is 1.74 bits per heavy atom. The Kier molecular flexibility index (Phi) is 9.74. The third-order valence-electron chi connectivity index (χ3n) is 4.64. The molecule has 0 aliphatic rings. The molecule has 3 aromatic carbocycles. The summed E-state index contributed by atoms with van der Waals surface area (Å²) in [4.78, 5) is 23.6. The van der Waals surface area contributed by atoms with Gasteiger partial charge in [-0.3, -0.25) is 4.79 Å². The van der Waals surface area contributed by atoms with Crippen LogP contribution in [0.2, 0.25) is 5.02 Å². The summed E-state index contributed by atoms with van der Waals surface area (Å²) < 4.78 is 5.82. The Labute approximate surface area is 229 Å². The molecule has 0 atom stereocenters. The van der Waals surface area contributed by atoms with Gasteiger partial charge < -0.3 is 20.0 Å². The number of halogens is 1. The fourth-order valence-electron chi connectivity index (χ4n) is 3.06. The molecular formula is C24H21ClKNO4. The number of anilines is 1. The van der Waals surface area contributed by atoms with Crippen LogP contribution in [0.1, 0.15) is 32.6 Å². The SMILES string of the molecule is Cc1cc(CC(=O)[O-])ccc1NC(=O)c1cc(OCc2cccc(Cl)c2)ccc1C.[K+]. The maximum Gasteiger partial charge on any atom is 1.00 e. The van der Waals surface area contributed by atoms with E-state index in [-0.39, 0.29) is 63.7 Å². The number of carboxylic acid groups (broad SMARTS) is 1. The number of carboxylic acids is 1. The second-order valence-electron chi connectivity index (χ2n) is 7.05. The van der Waals surface area contributed by atoms with Gasteiger partial charge in [0.15, 0.2) is 0 Å². The van der Waals surface area contributed by atoms with Crippen LogP contribution in [0.15, 0.2) is 60.7 Å². The molecule has 0 saturated heterocycles. The molecule has 1 N–H and O–H groups in total. The van der Waals surface area contributed by atoms with E-state index in [9.17, 15) is 14.7 Å². The molecule has 0 saturated carbocycles. The molecule has 0 fully saturated rings. The van der Waals surface area contributed by atoms with Crippen molar-refractivity contribution in [3.63, 3.8) is 0 Å². The van der Waals surface area contributed by atoms with Crippen molar-refractivity contribution < 1.29 is 70.8 Å². The molecule has 1 amide bonds. The molecule has 5 nitrogen and oxygen atoms in total. The molecule has 154 valence electrons. The average molecular weight is 462 g/mol. The third-order valence-corrected chi connectivity index (χ3v) is 4.87. The molecule has 0 bridgehead atoms. The number of hydrogen-bond acceptors (Lipinski definition) is 4. The summed E-state index contributed by atoms with van der Waals surface area (Å²) in [5.41, 5.74) is 4.25. The molecule has 7 heteroatoms. The van der Waals surface area contributed by atoms with Gasteiger partial charge >= 0.3 is 51.4 Å². The molecule has 3 aromatic rings. The standard InChI is InChI=1S/C24H22ClNO4.K/c1-15-6-8-20(30-14-18-4-3-5-19(25)11-18)13-21(15)24(29)26-22-9-7-17(10-16(22)2)12-23(27)28;/h3-11,13H,12,14H2,1-2H3,(H,26,29)(H,27,28);/q;+1/p-1. The molecule has 0 heterocycles. The summed E-state index contributed by atoms with van der Waals surface area (Å²) in [5.74, 6) is -0.834. The molecule has 0 unspecified atom stereocenters. The van der Waals surface area contributed by atoms with Crippen molar-refractivity contribution in [2.24, 2.45) is 0 Å². The minimum atomic E-state index is -1.14. The molecule has 3 rings (SSSR count). The van der Waals surface area contributed by atoms with Crippen LogP contribution in [0.3, 0.4) is 0 Å². The Bertz CT molecular complexity index is 1100. The number of benzene rings is 3. The second kappa shape index (κ2) is 11.8. The molecule has 0 spiro atoms. The van der Waals surface area contributed by atoms with Gasteiger partial charge in [-0.2, -0.15) is 0 Å². The smallest absolute Gasteiger partial charge is 0.550 e. The monoisotopic (exact) mass is 461 g/mol. The Balaban J connectivity index is 0.00000341. The van der Waals surface area contributed by atoms with E-state index in [4.69, 9.17) is 16.3 Å². The number of hydrogen-bond donors (Lipinski definition) is 1. The normalized spacial score (nSPS) is 10.2. The van der Waals surface area contributed by atoms with E-state index in [1.807, 2.05) is 44.2 Å². The van der Waals surface area contributed by atoms with Crippen LogP contribution in [-0.2, 0) is 17.8 Å². The van der Waals surface area contributed by atoms with Gasteiger partial charge in [0.25, 0.3) is 5.91 Å². The van der Waals surface area contributed by atoms with E-state index >= 15 is 0 Å². The van der Waals surface area contributed by atoms with Crippen LogP contribution in [0.25, 0.3) is 0 Å². The Morgan fingerprint density at radius 3 is 2.42 bits per heavy atom. The first-order valence-electron chi connectivity index (χ1n) is 9.40. The number of aliphatic carboxylic acids is 1. The molecule has 0 aromatic heterocycles. The summed E-state index contributed by atoms with van der Waals surface area (Å²) in [6.07, 6.45) is -0.166. The van der Waals surface area contributed by atoms with E-state index in [1.165, 1.54) is 0 Å². The van der Waals surface area contributed by atoms with Crippen molar-refractivity contribution in [2.45, 2.75) is 26.9 Å². The summed E-state index contributed by atoms with van der Waals surface area (Å²) in [6.45, 7) is 4.00. The van der Waals surface area contributed by atoms with Crippen LogP contribution in [0, 0.1) is 13.8 Å². The predicted octanol–water partition coefficient (Wildman–Crippen LogP) is 1.08. The zero-order valence-corrected chi connectivity index (χ0v) is 21.6. The van der Waals surface area contributed by atoms with Gasteiger partial charge in [0.2, 0.25) is 0 Å². The minimum absolute atomic E-state index is 0. The maximum atomic E-state index is 12.8. The number of nitrogens with one attached hydrogen (secondary N) is 1. The molecule has 0 aliphatic carbocycles. The van der Waals surface area contributed by atoms with E-state index in [2.05, 4.69) is 5.32 Å².